The summed E-state index contributed by atoms with van der Waals surface area (Å²) in [7, 11) is 0. The van der Waals surface area contributed by atoms with Crippen molar-refractivity contribution in [1.82, 2.24) is 9.88 Å². The molecule has 3 rings (SSSR count). The average Bonchev–Trinajstić information content (AvgIpc) is 2.94. The van der Waals surface area contributed by atoms with Crippen molar-refractivity contribution in [2.45, 2.75) is 26.6 Å². The summed E-state index contributed by atoms with van der Waals surface area (Å²) in [4.78, 5) is 19.5. The van der Waals surface area contributed by atoms with Gasteiger partial charge in [-0.15, -0.1) is 11.3 Å². The smallest absolute Gasteiger partial charge is 0.266 e. The number of carbonyl (C=O) groups excluding carboxylic acids is 1. The van der Waals surface area contributed by atoms with Crippen molar-refractivity contribution in [3.63, 3.8) is 0 Å². The predicted octanol–water partition coefficient (Wildman–Crippen LogP) is 3.03. The lowest BCUT2D eigenvalue weighted by Crippen LogP contribution is -2.44. The highest BCUT2D eigenvalue weighted by Gasteiger charge is 2.25. The van der Waals surface area contributed by atoms with Crippen LogP contribution in [0.1, 0.15) is 27.3 Å². The lowest BCUT2D eigenvalue weighted by atomic mass is 10.2. The number of amides is 1. The molecular weight excluding hydrogens is 331 g/mol. The number of aryl methyl sites for hydroxylation is 1. The van der Waals surface area contributed by atoms with Crippen LogP contribution < -0.4 is 4.74 Å². The van der Waals surface area contributed by atoms with Crippen LogP contribution in [0.25, 0.3) is 0 Å². The zero-order valence-corrected chi connectivity index (χ0v) is 14.4. The van der Waals surface area contributed by atoms with Crippen molar-refractivity contribution in [2.75, 3.05) is 19.7 Å². The molecule has 0 bridgehead atoms. The molecule has 0 spiro atoms. The highest BCUT2D eigenvalue weighted by atomic mass is 32.1. The highest BCUT2D eigenvalue weighted by molar-refractivity contribution is 7.13. The van der Waals surface area contributed by atoms with E-state index in [1.54, 1.807) is 17.0 Å². The standard InChI is InChI=1S/C17H19FN2O3S/c1-11-9-20(7-8-22-11)17(21)16-12(2)19-15(24-16)10-23-14-5-3-13(18)4-6-14/h3-6,11H,7-10H2,1-2H3. The van der Waals surface area contributed by atoms with Gasteiger partial charge in [0.05, 0.1) is 18.4 Å². The lowest BCUT2D eigenvalue weighted by molar-refractivity contribution is -0.0122. The molecule has 1 amide bonds. The molecule has 0 radical (unpaired) electrons. The summed E-state index contributed by atoms with van der Waals surface area (Å²) in [6.07, 6.45) is 0.0530. The Morgan fingerprint density at radius 1 is 1.46 bits per heavy atom. The van der Waals surface area contributed by atoms with Crippen molar-refractivity contribution in [3.8, 4) is 5.75 Å². The molecule has 24 heavy (non-hydrogen) atoms. The predicted molar refractivity (Wildman–Crippen MR) is 88.9 cm³/mol. The Balaban J connectivity index is 1.66. The second-order valence-electron chi connectivity index (χ2n) is 5.70. The van der Waals surface area contributed by atoms with Crippen molar-refractivity contribution in [3.05, 3.63) is 45.7 Å². The summed E-state index contributed by atoms with van der Waals surface area (Å²) < 4.78 is 23.9. The van der Waals surface area contributed by atoms with E-state index in [0.29, 0.717) is 36.0 Å². The maximum absolute atomic E-state index is 12.9. The SMILES string of the molecule is Cc1nc(COc2ccc(F)cc2)sc1C(=O)N1CCOC(C)C1. The van der Waals surface area contributed by atoms with Crippen LogP contribution in [-0.2, 0) is 11.3 Å². The molecule has 2 aromatic rings. The number of halogens is 1. The van der Waals surface area contributed by atoms with Gasteiger partial charge in [0.2, 0.25) is 0 Å². The van der Waals surface area contributed by atoms with E-state index in [0.717, 1.165) is 5.01 Å². The summed E-state index contributed by atoms with van der Waals surface area (Å²) in [5, 5.41) is 0.724. The molecule has 1 saturated heterocycles. The van der Waals surface area contributed by atoms with E-state index in [1.807, 2.05) is 13.8 Å². The van der Waals surface area contributed by atoms with Crippen LogP contribution in [0.2, 0.25) is 0 Å². The van der Waals surface area contributed by atoms with Gasteiger partial charge in [-0.1, -0.05) is 0 Å². The largest absolute Gasteiger partial charge is 0.486 e. The fraction of sp³-hybridized carbons (Fsp3) is 0.412. The normalized spacial score (nSPS) is 17.8. The first kappa shape index (κ1) is 16.9. The summed E-state index contributed by atoms with van der Waals surface area (Å²) in [6.45, 7) is 5.80. The molecule has 1 aliphatic heterocycles. The number of benzene rings is 1. The monoisotopic (exact) mass is 350 g/mol. The quantitative estimate of drug-likeness (QED) is 0.850. The van der Waals surface area contributed by atoms with E-state index in [1.165, 1.54) is 23.5 Å². The highest BCUT2D eigenvalue weighted by Crippen LogP contribution is 2.23. The number of carbonyl (C=O) groups is 1. The first-order chi connectivity index (χ1) is 11.5. The van der Waals surface area contributed by atoms with Crippen molar-refractivity contribution in [1.29, 1.82) is 0 Å². The van der Waals surface area contributed by atoms with Gasteiger partial charge in [-0.25, -0.2) is 9.37 Å². The Kier molecular flexibility index (Phi) is 5.11. The first-order valence-corrected chi connectivity index (χ1v) is 8.60. The van der Waals surface area contributed by atoms with Gasteiger partial charge in [-0.2, -0.15) is 0 Å². The van der Waals surface area contributed by atoms with E-state index in [2.05, 4.69) is 4.98 Å². The molecule has 0 aliphatic carbocycles. The molecule has 1 fully saturated rings. The molecule has 1 unspecified atom stereocenters. The second kappa shape index (κ2) is 7.27. The Labute approximate surface area is 144 Å². The average molecular weight is 350 g/mol. The summed E-state index contributed by atoms with van der Waals surface area (Å²) >= 11 is 1.34. The molecule has 1 aromatic carbocycles. The Bertz CT molecular complexity index is 717. The van der Waals surface area contributed by atoms with Crippen molar-refractivity contribution in [2.24, 2.45) is 0 Å². The summed E-state index contributed by atoms with van der Waals surface area (Å²) in [5.74, 6) is 0.257. The van der Waals surface area contributed by atoms with Gasteiger partial charge in [-0.3, -0.25) is 4.79 Å². The van der Waals surface area contributed by atoms with Crippen molar-refractivity contribution >= 4 is 17.2 Å². The fourth-order valence-electron chi connectivity index (χ4n) is 2.53. The van der Waals surface area contributed by atoms with Crippen LogP contribution in [-0.4, -0.2) is 41.6 Å². The molecule has 5 nitrogen and oxygen atoms in total. The molecule has 7 heteroatoms. The molecule has 128 valence electrons. The van der Waals surface area contributed by atoms with Gasteiger partial charge in [0.15, 0.2) is 0 Å². The van der Waals surface area contributed by atoms with Gasteiger partial charge < -0.3 is 14.4 Å². The number of morpholine rings is 1. The molecule has 2 heterocycles. The first-order valence-electron chi connectivity index (χ1n) is 7.78. The maximum atomic E-state index is 12.9. The third kappa shape index (κ3) is 3.91. The van der Waals surface area contributed by atoms with E-state index in [-0.39, 0.29) is 24.4 Å². The minimum Gasteiger partial charge on any atom is -0.486 e. The van der Waals surface area contributed by atoms with Crippen LogP contribution in [0, 0.1) is 12.7 Å². The fourth-order valence-corrected chi connectivity index (χ4v) is 3.48. The minimum atomic E-state index is -0.305. The number of aromatic nitrogens is 1. The number of rotatable bonds is 4. The second-order valence-corrected chi connectivity index (χ2v) is 6.78. The van der Waals surface area contributed by atoms with Gasteiger partial charge in [0.1, 0.15) is 28.1 Å². The number of hydrogen-bond acceptors (Lipinski definition) is 5. The molecule has 1 aliphatic rings. The van der Waals surface area contributed by atoms with E-state index in [9.17, 15) is 9.18 Å². The number of ether oxygens (including phenoxy) is 2. The molecular formula is C17H19FN2O3S. The Morgan fingerprint density at radius 2 is 2.21 bits per heavy atom. The molecule has 0 saturated carbocycles. The zero-order chi connectivity index (χ0) is 17.1. The van der Waals surface area contributed by atoms with Crippen LogP contribution >= 0.6 is 11.3 Å². The van der Waals surface area contributed by atoms with E-state index in [4.69, 9.17) is 9.47 Å². The van der Waals surface area contributed by atoms with Crippen molar-refractivity contribution < 1.29 is 18.7 Å². The van der Waals surface area contributed by atoms with Gasteiger partial charge in [0, 0.05) is 13.1 Å². The summed E-state index contributed by atoms with van der Waals surface area (Å²) in [5.41, 5.74) is 0.710. The molecule has 0 N–H and O–H groups in total. The zero-order valence-electron chi connectivity index (χ0n) is 13.6. The summed E-state index contributed by atoms with van der Waals surface area (Å²) in [6, 6.07) is 5.82. The van der Waals surface area contributed by atoms with Gasteiger partial charge in [-0.05, 0) is 38.1 Å². The number of hydrogen-bond donors (Lipinski definition) is 0. The number of thiazole rings is 1. The van der Waals surface area contributed by atoms with Gasteiger partial charge >= 0.3 is 0 Å². The topological polar surface area (TPSA) is 51.7 Å². The number of nitrogens with zero attached hydrogens (tertiary/aromatic N) is 2. The molecule has 1 atom stereocenters. The van der Waals surface area contributed by atoms with Crippen LogP contribution in [0.15, 0.2) is 24.3 Å². The van der Waals surface area contributed by atoms with Gasteiger partial charge in [0.25, 0.3) is 5.91 Å². The maximum Gasteiger partial charge on any atom is 0.266 e. The third-order valence-corrected chi connectivity index (χ3v) is 4.86. The Morgan fingerprint density at radius 3 is 2.92 bits per heavy atom. The van der Waals surface area contributed by atoms with E-state index < -0.39 is 0 Å². The van der Waals surface area contributed by atoms with E-state index >= 15 is 0 Å². The van der Waals surface area contributed by atoms with Crippen LogP contribution in [0.3, 0.4) is 0 Å². The third-order valence-electron chi connectivity index (χ3n) is 3.74. The van der Waals surface area contributed by atoms with Crippen LogP contribution in [0.4, 0.5) is 4.39 Å². The van der Waals surface area contributed by atoms with Crippen LogP contribution in [0.5, 0.6) is 5.75 Å². The molecule has 1 aromatic heterocycles. The Hall–Kier alpha value is -1.99. The lowest BCUT2D eigenvalue weighted by Gasteiger charge is -2.30. The minimum absolute atomic E-state index is 0.00631.